The Labute approximate surface area is 187 Å². The molecule has 0 bridgehead atoms. The molecule has 0 saturated heterocycles. The Morgan fingerprint density at radius 2 is 1.93 bits per heavy atom. The van der Waals surface area contributed by atoms with Crippen molar-refractivity contribution in [3.8, 4) is 0 Å². The molecule has 1 atom stereocenters. The molecule has 0 spiro atoms. The minimum absolute atomic E-state index is 0. The lowest BCUT2D eigenvalue weighted by molar-refractivity contribution is -0.176. The van der Waals surface area contributed by atoms with Crippen LogP contribution < -0.4 is 10.6 Å². The summed E-state index contributed by atoms with van der Waals surface area (Å²) in [5.74, 6) is 0.628. The molecule has 1 aromatic carbocycles. The van der Waals surface area contributed by atoms with Crippen molar-refractivity contribution in [3.05, 3.63) is 35.4 Å². The standard InChI is InChI=1S/C18H28F3N3O3S.HI/c1-4-22-17(24-14(2)8-9-28(3,25)26)23-11-15-6-5-7-16(10-15)12-27-13-18(19,20)21;/h5-7,10,14H,4,8-9,11-13H2,1-3H3,(H2,22,23,24);1H. The van der Waals surface area contributed by atoms with Crippen LogP contribution in [0.1, 0.15) is 31.4 Å². The van der Waals surface area contributed by atoms with E-state index in [1.807, 2.05) is 19.9 Å². The molecule has 1 rings (SSSR count). The van der Waals surface area contributed by atoms with Crippen LogP contribution in [0.5, 0.6) is 0 Å². The maximum atomic E-state index is 12.2. The van der Waals surface area contributed by atoms with Crippen LogP contribution >= 0.6 is 24.0 Å². The van der Waals surface area contributed by atoms with Crippen molar-refractivity contribution in [2.24, 2.45) is 4.99 Å². The topological polar surface area (TPSA) is 79.8 Å². The van der Waals surface area contributed by atoms with Gasteiger partial charge in [0.1, 0.15) is 16.4 Å². The van der Waals surface area contributed by atoms with Crippen LogP contribution in [0.15, 0.2) is 29.3 Å². The number of hydrogen-bond acceptors (Lipinski definition) is 4. The number of hydrogen-bond donors (Lipinski definition) is 2. The largest absolute Gasteiger partial charge is 0.411 e. The molecule has 0 aromatic heterocycles. The average Bonchev–Trinajstić information content (AvgIpc) is 2.57. The van der Waals surface area contributed by atoms with Crippen LogP contribution in [-0.4, -0.2) is 51.8 Å². The Balaban J connectivity index is 0.00000784. The van der Waals surface area contributed by atoms with E-state index in [0.717, 1.165) is 5.56 Å². The van der Waals surface area contributed by atoms with Gasteiger partial charge in [0.25, 0.3) is 0 Å². The zero-order valence-electron chi connectivity index (χ0n) is 16.8. The molecule has 168 valence electrons. The lowest BCUT2D eigenvalue weighted by Crippen LogP contribution is -2.42. The highest BCUT2D eigenvalue weighted by molar-refractivity contribution is 14.0. The van der Waals surface area contributed by atoms with Gasteiger partial charge in [0.05, 0.1) is 18.9 Å². The number of aliphatic imine (C=N–C) groups is 1. The predicted octanol–water partition coefficient (Wildman–Crippen LogP) is 3.26. The Morgan fingerprint density at radius 1 is 1.28 bits per heavy atom. The molecule has 2 N–H and O–H groups in total. The molecule has 0 radical (unpaired) electrons. The minimum atomic E-state index is -4.35. The van der Waals surface area contributed by atoms with Gasteiger partial charge in [0.2, 0.25) is 0 Å². The zero-order valence-corrected chi connectivity index (χ0v) is 19.9. The number of sulfone groups is 1. The highest BCUT2D eigenvalue weighted by Crippen LogP contribution is 2.16. The lowest BCUT2D eigenvalue weighted by Gasteiger charge is -2.17. The second kappa shape index (κ2) is 13.3. The van der Waals surface area contributed by atoms with Gasteiger partial charge in [-0.15, -0.1) is 24.0 Å². The molecule has 1 unspecified atom stereocenters. The summed E-state index contributed by atoms with van der Waals surface area (Å²) >= 11 is 0. The van der Waals surface area contributed by atoms with Gasteiger partial charge in [-0.05, 0) is 31.4 Å². The summed E-state index contributed by atoms with van der Waals surface area (Å²) in [6, 6.07) is 6.92. The average molecular weight is 551 g/mol. The predicted molar refractivity (Wildman–Crippen MR) is 119 cm³/mol. The van der Waals surface area contributed by atoms with E-state index in [2.05, 4.69) is 20.4 Å². The van der Waals surface area contributed by atoms with Crippen molar-refractivity contribution in [1.82, 2.24) is 10.6 Å². The summed E-state index contributed by atoms with van der Waals surface area (Å²) in [4.78, 5) is 4.45. The van der Waals surface area contributed by atoms with E-state index in [-0.39, 0.29) is 42.4 Å². The Hall–Kier alpha value is -1.08. The van der Waals surface area contributed by atoms with Crippen LogP contribution in [0.2, 0.25) is 0 Å². The monoisotopic (exact) mass is 551 g/mol. The molecule has 1 aromatic rings. The number of nitrogens with zero attached hydrogens (tertiary/aromatic N) is 1. The van der Waals surface area contributed by atoms with Crippen molar-refractivity contribution >= 4 is 39.8 Å². The molecule has 11 heteroatoms. The molecule has 6 nitrogen and oxygen atoms in total. The zero-order chi connectivity index (χ0) is 21.2. The molecule has 0 saturated carbocycles. The van der Waals surface area contributed by atoms with Gasteiger partial charge in [-0.25, -0.2) is 13.4 Å². The van der Waals surface area contributed by atoms with Crippen LogP contribution in [0.25, 0.3) is 0 Å². The van der Waals surface area contributed by atoms with E-state index in [0.29, 0.717) is 31.0 Å². The van der Waals surface area contributed by atoms with Crippen LogP contribution in [-0.2, 0) is 27.7 Å². The quantitative estimate of drug-likeness (QED) is 0.265. The summed E-state index contributed by atoms with van der Waals surface area (Å²) in [7, 11) is -3.03. The number of benzene rings is 1. The van der Waals surface area contributed by atoms with E-state index < -0.39 is 22.6 Å². The van der Waals surface area contributed by atoms with Gasteiger partial charge in [-0.1, -0.05) is 24.3 Å². The molecule has 0 aliphatic carbocycles. The Morgan fingerprint density at radius 3 is 2.52 bits per heavy atom. The van der Waals surface area contributed by atoms with Gasteiger partial charge in [-0.2, -0.15) is 13.2 Å². The smallest absolute Gasteiger partial charge is 0.367 e. The first-order valence-electron chi connectivity index (χ1n) is 8.93. The van der Waals surface area contributed by atoms with Gasteiger partial charge in [-0.3, -0.25) is 0 Å². The summed E-state index contributed by atoms with van der Waals surface area (Å²) < 4.78 is 63.7. The summed E-state index contributed by atoms with van der Waals surface area (Å²) in [5.41, 5.74) is 1.46. The van der Waals surface area contributed by atoms with Crippen molar-refractivity contribution in [2.75, 3.05) is 25.2 Å². The van der Waals surface area contributed by atoms with Crippen molar-refractivity contribution in [3.63, 3.8) is 0 Å². The third kappa shape index (κ3) is 14.5. The van der Waals surface area contributed by atoms with E-state index in [4.69, 9.17) is 0 Å². The highest BCUT2D eigenvalue weighted by Gasteiger charge is 2.27. The first-order valence-corrected chi connectivity index (χ1v) is 11.0. The van der Waals surface area contributed by atoms with Crippen molar-refractivity contribution in [2.45, 2.75) is 45.6 Å². The first kappa shape index (κ1) is 27.9. The van der Waals surface area contributed by atoms with Crippen LogP contribution in [0.3, 0.4) is 0 Å². The van der Waals surface area contributed by atoms with Gasteiger partial charge in [0.15, 0.2) is 5.96 Å². The lowest BCUT2D eigenvalue weighted by atomic mass is 10.1. The van der Waals surface area contributed by atoms with Crippen LogP contribution in [0, 0.1) is 0 Å². The van der Waals surface area contributed by atoms with E-state index in [1.54, 1.807) is 18.2 Å². The van der Waals surface area contributed by atoms with Gasteiger partial charge < -0.3 is 15.4 Å². The number of nitrogens with one attached hydrogen (secondary N) is 2. The fraction of sp³-hybridized carbons (Fsp3) is 0.611. The maximum Gasteiger partial charge on any atom is 0.411 e. The molecule has 0 aliphatic heterocycles. The molecule has 0 aliphatic rings. The molecular formula is C18H29F3IN3O3S. The number of guanidine groups is 1. The second-order valence-corrected chi connectivity index (χ2v) is 8.85. The summed E-state index contributed by atoms with van der Waals surface area (Å²) in [5, 5.41) is 6.24. The fourth-order valence-electron chi connectivity index (χ4n) is 2.29. The van der Waals surface area contributed by atoms with E-state index >= 15 is 0 Å². The number of ether oxygens (including phenoxy) is 1. The molecule has 0 amide bonds. The van der Waals surface area contributed by atoms with Crippen molar-refractivity contribution < 1.29 is 26.3 Å². The Bertz CT molecular complexity index is 743. The number of halogens is 4. The van der Waals surface area contributed by atoms with Crippen molar-refractivity contribution in [1.29, 1.82) is 0 Å². The van der Waals surface area contributed by atoms with Crippen LogP contribution in [0.4, 0.5) is 13.2 Å². The summed E-state index contributed by atoms with van der Waals surface area (Å²) in [6.45, 7) is 3.33. The van der Waals surface area contributed by atoms with E-state index in [1.165, 1.54) is 6.26 Å². The fourth-order valence-corrected chi connectivity index (χ4v) is 3.07. The van der Waals surface area contributed by atoms with E-state index in [9.17, 15) is 21.6 Å². The van der Waals surface area contributed by atoms with Gasteiger partial charge in [0, 0.05) is 18.8 Å². The summed E-state index contributed by atoms with van der Waals surface area (Å²) in [6.07, 6.45) is -2.69. The third-order valence-electron chi connectivity index (χ3n) is 3.59. The molecule has 0 heterocycles. The molecular weight excluding hydrogens is 522 g/mol. The maximum absolute atomic E-state index is 12.2. The number of alkyl halides is 3. The molecule has 29 heavy (non-hydrogen) atoms. The third-order valence-corrected chi connectivity index (χ3v) is 4.57. The SMILES string of the molecule is CCNC(=NCc1cccc(COCC(F)(F)F)c1)NC(C)CCS(C)(=O)=O.I. The Kier molecular flexibility index (Phi) is 12.8. The minimum Gasteiger partial charge on any atom is -0.367 e. The highest BCUT2D eigenvalue weighted by atomic mass is 127. The second-order valence-electron chi connectivity index (χ2n) is 6.59. The molecule has 0 fully saturated rings. The van der Waals surface area contributed by atoms with Gasteiger partial charge >= 0.3 is 6.18 Å². The first-order chi connectivity index (χ1) is 13.0. The normalized spacial score (nSPS) is 13.5. The number of rotatable bonds is 10.